The van der Waals surface area contributed by atoms with Gasteiger partial charge < -0.3 is 4.90 Å². The van der Waals surface area contributed by atoms with E-state index in [0.29, 0.717) is 18.0 Å². The Morgan fingerprint density at radius 1 is 0.900 bits per heavy atom. The second-order valence-corrected chi connectivity index (χ2v) is 6.26. The number of benzene rings is 2. The fraction of sp³-hybridized carbons (Fsp3) is 0.368. The number of aryl methyl sites for hydroxylation is 1. The molecule has 0 amide bonds. The molecule has 102 valence electrons. The van der Waals surface area contributed by atoms with Gasteiger partial charge in [-0.15, -0.1) is 0 Å². The van der Waals surface area contributed by atoms with Gasteiger partial charge in [-0.1, -0.05) is 42.5 Å². The number of hydrogen-bond acceptors (Lipinski definition) is 1. The minimum Gasteiger partial charge on any atom is -0.361 e. The van der Waals surface area contributed by atoms with Crippen molar-refractivity contribution in [3.05, 3.63) is 65.2 Å². The summed E-state index contributed by atoms with van der Waals surface area (Å²) in [4.78, 5) is 2.67. The Bertz CT molecular complexity index is 646. The van der Waals surface area contributed by atoms with Crippen LogP contribution in [0, 0.1) is 6.92 Å². The highest BCUT2D eigenvalue weighted by molar-refractivity contribution is 5.59. The zero-order valence-corrected chi connectivity index (χ0v) is 12.2. The molecule has 2 aromatic rings. The fourth-order valence-electron chi connectivity index (χ4n) is 4.31. The lowest BCUT2D eigenvalue weighted by atomic mass is 9.70. The average molecular weight is 263 g/mol. The van der Waals surface area contributed by atoms with Crippen molar-refractivity contribution in [3.63, 3.8) is 0 Å². The Balaban J connectivity index is 1.87. The van der Waals surface area contributed by atoms with Crippen LogP contribution in [0.5, 0.6) is 0 Å². The maximum Gasteiger partial charge on any atom is 0.0548 e. The lowest BCUT2D eigenvalue weighted by Gasteiger charge is -2.53. The van der Waals surface area contributed by atoms with Crippen LogP contribution < -0.4 is 4.90 Å². The molecule has 3 aliphatic rings. The molecular weight excluding hydrogens is 242 g/mol. The number of rotatable bonds is 1. The zero-order chi connectivity index (χ0) is 13.7. The lowest BCUT2D eigenvalue weighted by Crippen LogP contribution is -2.49. The predicted octanol–water partition coefficient (Wildman–Crippen LogP) is 4.82. The largest absolute Gasteiger partial charge is 0.361 e. The van der Waals surface area contributed by atoms with Crippen LogP contribution in [0.2, 0.25) is 0 Å². The van der Waals surface area contributed by atoms with E-state index in [1.165, 1.54) is 24.1 Å². The highest BCUT2D eigenvalue weighted by Gasteiger charge is 2.43. The number of anilines is 1. The summed E-state index contributed by atoms with van der Waals surface area (Å²) >= 11 is 0. The molecule has 1 saturated heterocycles. The van der Waals surface area contributed by atoms with Crippen LogP contribution in [0.4, 0.5) is 5.69 Å². The summed E-state index contributed by atoms with van der Waals surface area (Å²) in [7, 11) is 0. The van der Waals surface area contributed by atoms with Gasteiger partial charge in [0.05, 0.1) is 6.04 Å². The highest BCUT2D eigenvalue weighted by Crippen LogP contribution is 2.51. The summed E-state index contributed by atoms with van der Waals surface area (Å²) in [6.45, 7) is 4.63. The summed E-state index contributed by atoms with van der Waals surface area (Å²) < 4.78 is 0. The molecule has 2 aliphatic heterocycles. The molecule has 0 N–H and O–H groups in total. The lowest BCUT2D eigenvalue weighted by molar-refractivity contribution is 0.324. The van der Waals surface area contributed by atoms with Crippen molar-refractivity contribution in [1.82, 2.24) is 0 Å². The van der Waals surface area contributed by atoms with Gasteiger partial charge in [0.2, 0.25) is 0 Å². The third-order valence-electron chi connectivity index (χ3n) is 5.26. The molecule has 1 nitrogen and oxygen atoms in total. The smallest absolute Gasteiger partial charge is 0.0548 e. The molecule has 2 unspecified atom stereocenters. The van der Waals surface area contributed by atoms with E-state index >= 15 is 0 Å². The van der Waals surface area contributed by atoms with Gasteiger partial charge in [0, 0.05) is 17.6 Å². The fourth-order valence-corrected chi connectivity index (χ4v) is 4.31. The van der Waals surface area contributed by atoms with E-state index < -0.39 is 0 Å². The molecule has 0 spiro atoms. The second kappa shape index (κ2) is 4.37. The maximum atomic E-state index is 2.67. The van der Waals surface area contributed by atoms with E-state index in [2.05, 4.69) is 67.3 Å². The number of fused-ring (bicyclic) bond motifs is 2. The van der Waals surface area contributed by atoms with Gasteiger partial charge in [0.25, 0.3) is 0 Å². The molecule has 20 heavy (non-hydrogen) atoms. The predicted molar refractivity (Wildman–Crippen MR) is 84.3 cm³/mol. The maximum absolute atomic E-state index is 2.67. The third-order valence-corrected chi connectivity index (χ3v) is 5.26. The first-order valence-corrected chi connectivity index (χ1v) is 7.70. The van der Waals surface area contributed by atoms with E-state index in [4.69, 9.17) is 0 Å². The Kier molecular flexibility index (Phi) is 2.63. The van der Waals surface area contributed by atoms with Gasteiger partial charge >= 0.3 is 0 Å². The van der Waals surface area contributed by atoms with Gasteiger partial charge in [-0.25, -0.2) is 0 Å². The minimum atomic E-state index is 0.562. The average Bonchev–Trinajstić information content (AvgIpc) is 2.49. The third kappa shape index (κ3) is 1.56. The first-order chi connectivity index (χ1) is 9.77. The van der Waals surface area contributed by atoms with Crippen LogP contribution in [-0.4, -0.2) is 6.04 Å². The van der Waals surface area contributed by atoms with Gasteiger partial charge in [0.15, 0.2) is 0 Å². The Morgan fingerprint density at radius 3 is 2.40 bits per heavy atom. The number of para-hydroxylation sites is 1. The first kappa shape index (κ1) is 12.0. The molecule has 0 saturated carbocycles. The first-order valence-electron chi connectivity index (χ1n) is 7.70. The number of hydrogen-bond donors (Lipinski definition) is 0. The SMILES string of the molecule is Cc1ccccc1N1C2CCC(c3ccccc32)[C@@H]1C. The van der Waals surface area contributed by atoms with Crippen molar-refractivity contribution < 1.29 is 0 Å². The summed E-state index contributed by atoms with van der Waals surface area (Å²) in [6.07, 6.45) is 2.63. The van der Waals surface area contributed by atoms with Crippen LogP contribution in [0.25, 0.3) is 0 Å². The standard InChI is InChI=1S/C19H21N/c1-13-7-3-6-10-18(13)20-14(2)15-11-12-19(20)17-9-5-4-8-16(15)17/h3-10,14-15,19H,11-12H2,1-2H3/t14-,15?,19?/m0/s1. The molecule has 1 aliphatic carbocycles. The molecule has 0 radical (unpaired) electrons. The molecule has 5 rings (SSSR count). The second-order valence-electron chi connectivity index (χ2n) is 6.26. The molecular formula is C19H21N. The van der Waals surface area contributed by atoms with Crippen molar-refractivity contribution in [1.29, 1.82) is 0 Å². The molecule has 0 aromatic heterocycles. The summed E-state index contributed by atoms with van der Waals surface area (Å²) in [6, 6.07) is 19.1. The van der Waals surface area contributed by atoms with E-state index in [0.717, 1.165) is 0 Å². The Morgan fingerprint density at radius 2 is 1.60 bits per heavy atom. The molecule has 2 heterocycles. The summed E-state index contributed by atoms with van der Waals surface area (Å²) in [5, 5.41) is 0. The summed E-state index contributed by atoms with van der Waals surface area (Å²) in [5.74, 6) is 0.691. The number of nitrogens with zero attached hydrogens (tertiary/aromatic N) is 1. The number of piperidine rings is 1. The quantitative estimate of drug-likeness (QED) is 0.713. The van der Waals surface area contributed by atoms with Crippen molar-refractivity contribution in [2.24, 2.45) is 0 Å². The minimum absolute atomic E-state index is 0.562. The van der Waals surface area contributed by atoms with E-state index in [9.17, 15) is 0 Å². The van der Waals surface area contributed by atoms with Gasteiger partial charge in [-0.2, -0.15) is 0 Å². The normalized spacial score (nSPS) is 27.5. The molecule has 3 atom stereocenters. The van der Waals surface area contributed by atoms with Crippen LogP contribution in [0.3, 0.4) is 0 Å². The van der Waals surface area contributed by atoms with Crippen LogP contribution in [0.15, 0.2) is 48.5 Å². The Labute approximate surface area is 121 Å². The van der Waals surface area contributed by atoms with Gasteiger partial charge in [-0.3, -0.25) is 0 Å². The van der Waals surface area contributed by atoms with Crippen LogP contribution >= 0.6 is 0 Å². The molecule has 2 aromatic carbocycles. The van der Waals surface area contributed by atoms with Gasteiger partial charge in [-0.05, 0) is 49.4 Å². The topological polar surface area (TPSA) is 3.24 Å². The van der Waals surface area contributed by atoms with Crippen molar-refractivity contribution >= 4 is 5.69 Å². The Hall–Kier alpha value is -1.76. The molecule has 1 heteroatoms. The van der Waals surface area contributed by atoms with Gasteiger partial charge in [0.1, 0.15) is 0 Å². The zero-order valence-electron chi connectivity index (χ0n) is 12.2. The van der Waals surface area contributed by atoms with Crippen LogP contribution in [-0.2, 0) is 0 Å². The summed E-state index contributed by atoms with van der Waals surface area (Å²) in [5.41, 5.74) is 5.97. The molecule has 2 bridgehead atoms. The van der Waals surface area contributed by atoms with Crippen molar-refractivity contribution in [3.8, 4) is 0 Å². The van der Waals surface area contributed by atoms with E-state index in [1.807, 2.05) is 0 Å². The highest BCUT2D eigenvalue weighted by atomic mass is 15.2. The molecule has 1 fully saturated rings. The van der Waals surface area contributed by atoms with E-state index in [1.54, 1.807) is 11.1 Å². The van der Waals surface area contributed by atoms with E-state index in [-0.39, 0.29) is 0 Å². The monoisotopic (exact) mass is 263 g/mol. The van der Waals surface area contributed by atoms with Crippen molar-refractivity contribution in [2.45, 2.75) is 44.7 Å². The van der Waals surface area contributed by atoms with Crippen LogP contribution in [0.1, 0.15) is 48.4 Å². The van der Waals surface area contributed by atoms with Crippen molar-refractivity contribution in [2.75, 3.05) is 4.90 Å².